The summed E-state index contributed by atoms with van der Waals surface area (Å²) >= 11 is 0. The molecule has 0 aliphatic carbocycles. The number of amidine groups is 1. The van der Waals surface area contributed by atoms with Crippen molar-refractivity contribution in [1.82, 2.24) is 4.98 Å². The van der Waals surface area contributed by atoms with Gasteiger partial charge in [0, 0.05) is 25.4 Å². The van der Waals surface area contributed by atoms with Crippen LogP contribution in [0.3, 0.4) is 0 Å². The first-order valence-electron chi connectivity index (χ1n) is 7.30. The number of ether oxygens (including phenoxy) is 1. The molecule has 1 saturated heterocycles. The van der Waals surface area contributed by atoms with Gasteiger partial charge >= 0.3 is 0 Å². The Morgan fingerprint density at radius 3 is 3.05 bits per heavy atom. The fourth-order valence-corrected chi connectivity index (χ4v) is 2.55. The number of hydrogen-bond donors (Lipinski definition) is 2. The lowest BCUT2D eigenvalue weighted by molar-refractivity contribution is 0.0439. The third kappa shape index (κ3) is 3.48. The molecule has 0 bridgehead atoms. The van der Waals surface area contributed by atoms with Crippen LogP contribution in [-0.2, 0) is 4.74 Å². The van der Waals surface area contributed by atoms with Gasteiger partial charge < -0.3 is 15.4 Å². The van der Waals surface area contributed by atoms with Gasteiger partial charge in [-0.05, 0) is 38.3 Å². The Kier molecular flexibility index (Phi) is 4.95. The number of piperidine rings is 1. The zero-order chi connectivity index (χ0) is 14.5. The normalized spacial score (nSPS) is 19.1. The molecule has 1 aliphatic rings. The summed E-state index contributed by atoms with van der Waals surface area (Å²) in [6.07, 6.45) is 3.47. The number of nitrogens with zero attached hydrogens (tertiary/aromatic N) is 2. The van der Waals surface area contributed by atoms with Crippen LogP contribution < -0.4 is 10.6 Å². The van der Waals surface area contributed by atoms with E-state index < -0.39 is 0 Å². The highest BCUT2D eigenvalue weighted by atomic mass is 16.5. The van der Waals surface area contributed by atoms with E-state index in [2.05, 4.69) is 16.8 Å². The minimum absolute atomic E-state index is 0.0732. The zero-order valence-corrected chi connectivity index (χ0v) is 12.4. The van der Waals surface area contributed by atoms with Gasteiger partial charge in [-0.25, -0.2) is 4.98 Å². The Balaban J connectivity index is 2.17. The number of anilines is 1. The van der Waals surface area contributed by atoms with Crippen molar-refractivity contribution < 1.29 is 4.74 Å². The van der Waals surface area contributed by atoms with Crippen LogP contribution in [0.2, 0.25) is 0 Å². The quantitative estimate of drug-likeness (QED) is 0.637. The predicted molar refractivity (Wildman–Crippen MR) is 81.5 cm³/mol. The second-order valence-electron chi connectivity index (χ2n) is 5.32. The molecule has 0 saturated carbocycles. The number of hydrogen-bond acceptors (Lipinski definition) is 4. The number of nitrogens with two attached hydrogens (primary N) is 1. The number of rotatable bonds is 5. The van der Waals surface area contributed by atoms with Crippen LogP contribution in [0, 0.1) is 12.3 Å². The lowest BCUT2D eigenvalue weighted by Crippen LogP contribution is -2.41. The van der Waals surface area contributed by atoms with E-state index in [1.54, 1.807) is 0 Å². The van der Waals surface area contributed by atoms with Crippen LogP contribution in [0.4, 0.5) is 5.82 Å². The summed E-state index contributed by atoms with van der Waals surface area (Å²) in [6.45, 7) is 6.66. The average Bonchev–Trinajstić information content (AvgIpc) is 2.45. The van der Waals surface area contributed by atoms with Gasteiger partial charge in [-0.2, -0.15) is 0 Å². The molecule has 5 heteroatoms. The molecule has 5 nitrogen and oxygen atoms in total. The van der Waals surface area contributed by atoms with Gasteiger partial charge in [-0.3, -0.25) is 5.41 Å². The smallest absolute Gasteiger partial charge is 0.139 e. The van der Waals surface area contributed by atoms with Crippen molar-refractivity contribution in [3.05, 3.63) is 23.4 Å². The van der Waals surface area contributed by atoms with E-state index in [-0.39, 0.29) is 11.9 Å². The minimum atomic E-state index is 0.0732. The van der Waals surface area contributed by atoms with Crippen LogP contribution in [0.1, 0.15) is 37.4 Å². The van der Waals surface area contributed by atoms with Crippen molar-refractivity contribution in [3.63, 3.8) is 0 Å². The van der Waals surface area contributed by atoms with Gasteiger partial charge in [0.2, 0.25) is 0 Å². The Labute approximate surface area is 120 Å². The number of pyridine rings is 1. The Morgan fingerprint density at radius 2 is 2.35 bits per heavy atom. The number of aryl methyl sites for hydroxylation is 1. The molecule has 0 radical (unpaired) electrons. The highest BCUT2D eigenvalue weighted by Crippen LogP contribution is 2.23. The first kappa shape index (κ1) is 14.8. The van der Waals surface area contributed by atoms with Gasteiger partial charge in [-0.15, -0.1) is 0 Å². The average molecular weight is 276 g/mol. The summed E-state index contributed by atoms with van der Waals surface area (Å²) in [4.78, 5) is 6.78. The highest BCUT2D eigenvalue weighted by molar-refractivity contribution is 5.99. The van der Waals surface area contributed by atoms with Crippen LogP contribution in [-0.4, -0.2) is 36.6 Å². The fraction of sp³-hybridized carbons (Fsp3) is 0.600. The van der Waals surface area contributed by atoms with Gasteiger partial charge in [0.1, 0.15) is 11.7 Å². The third-order valence-corrected chi connectivity index (χ3v) is 3.54. The second kappa shape index (κ2) is 6.70. The van der Waals surface area contributed by atoms with Crippen molar-refractivity contribution in [2.75, 3.05) is 24.6 Å². The molecule has 1 aromatic rings. The highest BCUT2D eigenvalue weighted by Gasteiger charge is 2.23. The molecule has 110 valence electrons. The van der Waals surface area contributed by atoms with Crippen molar-refractivity contribution >= 4 is 11.7 Å². The SMILES string of the molecule is CCCOC1CCCN(c2nc(C)ccc2C(=N)N)C1. The van der Waals surface area contributed by atoms with Crippen LogP contribution >= 0.6 is 0 Å². The monoisotopic (exact) mass is 276 g/mol. The predicted octanol–water partition coefficient (Wildman–Crippen LogP) is 2.07. The minimum Gasteiger partial charge on any atom is -0.384 e. The second-order valence-corrected chi connectivity index (χ2v) is 5.32. The van der Waals surface area contributed by atoms with Gasteiger partial charge in [0.25, 0.3) is 0 Å². The van der Waals surface area contributed by atoms with Crippen molar-refractivity contribution in [3.8, 4) is 0 Å². The Bertz CT molecular complexity index is 475. The first-order chi connectivity index (χ1) is 9.61. The maximum atomic E-state index is 7.71. The van der Waals surface area contributed by atoms with Gasteiger partial charge in [0.05, 0.1) is 11.7 Å². The topological polar surface area (TPSA) is 75.2 Å². The standard InChI is InChI=1S/C15H24N4O/c1-3-9-20-12-5-4-8-19(10-12)15-13(14(16)17)7-6-11(2)18-15/h6-7,12H,3-5,8-10H2,1-2H3,(H3,16,17). The summed E-state index contributed by atoms with van der Waals surface area (Å²) in [5.41, 5.74) is 7.33. The lowest BCUT2D eigenvalue weighted by Gasteiger charge is -2.34. The summed E-state index contributed by atoms with van der Waals surface area (Å²) in [5.74, 6) is 0.895. The summed E-state index contributed by atoms with van der Waals surface area (Å²) in [5, 5.41) is 7.71. The molecule has 0 aromatic carbocycles. The van der Waals surface area contributed by atoms with E-state index in [4.69, 9.17) is 15.9 Å². The van der Waals surface area contributed by atoms with E-state index in [0.717, 1.165) is 50.5 Å². The molecule has 1 unspecified atom stereocenters. The summed E-state index contributed by atoms with van der Waals surface area (Å²) < 4.78 is 5.86. The zero-order valence-electron chi connectivity index (χ0n) is 12.4. The number of aromatic nitrogens is 1. The molecule has 1 aliphatic heterocycles. The molecule has 3 N–H and O–H groups in total. The van der Waals surface area contributed by atoms with Crippen LogP contribution in [0.5, 0.6) is 0 Å². The Morgan fingerprint density at radius 1 is 1.55 bits per heavy atom. The summed E-state index contributed by atoms with van der Waals surface area (Å²) in [7, 11) is 0. The molecule has 2 heterocycles. The molecule has 0 spiro atoms. The van der Waals surface area contributed by atoms with Gasteiger partial charge in [-0.1, -0.05) is 6.92 Å². The molecular weight excluding hydrogens is 252 g/mol. The van der Waals surface area contributed by atoms with Crippen molar-refractivity contribution in [2.45, 2.75) is 39.2 Å². The van der Waals surface area contributed by atoms with E-state index in [1.165, 1.54) is 0 Å². The number of nitrogen functional groups attached to an aromatic ring is 1. The third-order valence-electron chi connectivity index (χ3n) is 3.54. The Hall–Kier alpha value is -1.62. The van der Waals surface area contributed by atoms with Crippen molar-refractivity contribution in [1.29, 1.82) is 5.41 Å². The lowest BCUT2D eigenvalue weighted by atomic mass is 10.1. The molecule has 1 fully saturated rings. The molecule has 1 atom stereocenters. The summed E-state index contributed by atoms with van der Waals surface area (Å²) in [6, 6.07) is 3.78. The van der Waals surface area contributed by atoms with E-state index in [0.29, 0.717) is 5.56 Å². The van der Waals surface area contributed by atoms with Crippen LogP contribution in [0.25, 0.3) is 0 Å². The molecule has 0 amide bonds. The molecule has 2 rings (SSSR count). The number of nitrogens with one attached hydrogen (secondary N) is 1. The molecule has 20 heavy (non-hydrogen) atoms. The molecular formula is C15H24N4O. The van der Waals surface area contributed by atoms with Crippen molar-refractivity contribution in [2.24, 2.45) is 5.73 Å². The maximum Gasteiger partial charge on any atom is 0.139 e. The van der Waals surface area contributed by atoms with E-state index >= 15 is 0 Å². The van der Waals surface area contributed by atoms with Gasteiger partial charge in [0.15, 0.2) is 0 Å². The van der Waals surface area contributed by atoms with E-state index in [9.17, 15) is 0 Å². The van der Waals surface area contributed by atoms with E-state index in [1.807, 2.05) is 19.1 Å². The first-order valence-corrected chi connectivity index (χ1v) is 7.30. The largest absolute Gasteiger partial charge is 0.384 e. The fourth-order valence-electron chi connectivity index (χ4n) is 2.55. The van der Waals surface area contributed by atoms with Crippen LogP contribution in [0.15, 0.2) is 12.1 Å². The molecule has 1 aromatic heterocycles. The maximum absolute atomic E-state index is 7.71.